The largest absolute Gasteiger partial charge is 0.432 e. The van der Waals surface area contributed by atoms with Crippen LogP contribution in [0.1, 0.15) is 5.69 Å². The molecule has 0 aliphatic heterocycles. The van der Waals surface area contributed by atoms with Crippen molar-refractivity contribution in [2.75, 3.05) is 0 Å². The van der Waals surface area contributed by atoms with Crippen LogP contribution in [0, 0.1) is 0 Å². The lowest BCUT2D eigenvalue weighted by Gasteiger charge is -2.05. The van der Waals surface area contributed by atoms with Gasteiger partial charge in [0.25, 0.3) is 0 Å². The van der Waals surface area contributed by atoms with Crippen LogP contribution in [0.5, 0.6) is 0 Å². The minimum absolute atomic E-state index is 0.128. The molecule has 0 saturated carbocycles. The summed E-state index contributed by atoms with van der Waals surface area (Å²) in [5.74, 6) is 0. The van der Waals surface area contributed by atoms with Crippen LogP contribution in [0.15, 0.2) is 48.8 Å². The first kappa shape index (κ1) is 13.3. The van der Waals surface area contributed by atoms with Crippen LogP contribution in [-0.2, 0) is 6.18 Å². The third-order valence-corrected chi connectivity index (χ3v) is 2.87. The van der Waals surface area contributed by atoms with E-state index in [2.05, 4.69) is 15.1 Å². The Hall–Kier alpha value is -2.70. The van der Waals surface area contributed by atoms with Crippen molar-refractivity contribution >= 4 is 0 Å². The Morgan fingerprint density at radius 2 is 1.71 bits per heavy atom. The fourth-order valence-corrected chi connectivity index (χ4v) is 1.93. The van der Waals surface area contributed by atoms with Crippen molar-refractivity contribution in [3.8, 4) is 22.6 Å². The molecule has 0 fully saturated rings. The number of rotatable bonds is 2. The van der Waals surface area contributed by atoms with Gasteiger partial charge in [-0.2, -0.15) is 18.3 Å². The lowest BCUT2D eigenvalue weighted by molar-refractivity contribution is -0.141. The molecule has 0 aliphatic carbocycles. The average molecular weight is 290 g/mol. The molecule has 21 heavy (non-hydrogen) atoms. The molecule has 0 atom stereocenters. The lowest BCUT2D eigenvalue weighted by atomic mass is 10.1. The summed E-state index contributed by atoms with van der Waals surface area (Å²) in [4.78, 5) is 8.32. The summed E-state index contributed by atoms with van der Waals surface area (Å²) in [6.45, 7) is 0. The fourth-order valence-electron chi connectivity index (χ4n) is 1.93. The summed E-state index contributed by atoms with van der Waals surface area (Å²) in [5, 5.41) is 5.69. The highest BCUT2D eigenvalue weighted by Gasteiger charge is 2.33. The van der Waals surface area contributed by atoms with Crippen molar-refractivity contribution in [1.82, 2.24) is 20.2 Å². The Bertz CT molecular complexity index is 750. The van der Waals surface area contributed by atoms with Crippen molar-refractivity contribution in [3.05, 3.63) is 54.5 Å². The number of pyridine rings is 2. The maximum Gasteiger partial charge on any atom is 0.432 e. The number of hydrogen-bond acceptors (Lipinski definition) is 3. The van der Waals surface area contributed by atoms with Gasteiger partial charge in [0.05, 0.1) is 11.4 Å². The molecule has 0 aromatic carbocycles. The first-order chi connectivity index (χ1) is 10.1. The number of alkyl halides is 3. The molecule has 0 spiro atoms. The van der Waals surface area contributed by atoms with E-state index in [1.54, 1.807) is 36.5 Å². The fraction of sp³-hybridized carbons (Fsp3) is 0.0714. The number of nitrogens with one attached hydrogen (secondary N) is 1. The maximum absolute atomic E-state index is 12.6. The molecule has 1 N–H and O–H groups in total. The van der Waals surface area contributed by atoms with Crippen molar-refractivity contribution in [1.29, 1.82) is 0 Å². The van der Waals surface area contributed by atoms with Crippen molar-refractivity contribution in [2.45, 2.75) is 6.18 Å². The van der Waals surface area contributed by atoms with E-state index in [-0.39, 0.29) is 5.69 Å². The zero-order valence-electron chi connectivity index (χ0n) is 10.6. The minimum Gasteiger partial charge on any atom is -0.273 e. The van der Waals surface area contributed by atoms with Gasteiger partial charge in [-0.1, -0.05) is 6.07 Å². The Balaban J connectivity index is 2.10. The van der Waals surface area contributed by atoms with Gasteiger partial charge in [-0.05, 0) is 30.3 Å². The molecule has 3 aromatic heterocycles. The third-order valence-electron chi connectivity index (χ3n) is 2.87. The maximum atomic E-state index is 12.6. The molecule has 0 unspecified atom stereocenters. The van der Waals surface area contributed by atoms with Crippen molar-refractivity contribution in [2.24, 2.45) is 0 Å². The number of H-pyrrole nitrogens is 1. The summed E-state index contributed by atoms with van der Waals surface area (Å²) in [5.41, 5.74) is 0.817. The molecular weight excluding hydrogens is 281 g/mol. The van der Waals surface area contributed by atoms with Crippen LogP contribution in [0.2, 0.25) is 0 Å². The average Bonchev–Trinajstić information content (AvgIpc) is 2.98. The first-order valence-corrected chi connectivity index (χ1v) is 6.05. The van der Waals surface area contributed by atoms with E-state index in [0.29, 0.717) is 17.0 Å². The summed E-state index contributed by atoms with van der Waals surface area (Å²) in [6, 6.07) is 9.70. The molecule has 3 heterocycles. The minimum atomic E-state index is -4.47. The van der Waals surface area contributed by atoms with Crippen molar-refractivity contribution < 1.29 is 13.2 Å². The van der Waals surface area contributed by atoms with Crippen LogP contribution in [0.3, 0.4) is 0 Å². The van der Waals surface area contributed by atoms with E-state index >= 15 is 0 Å². The number of halogens is 3. The highest BCUT2D eigenvalue weighted by atomic mass is 19.4. The zero-order valence-corrected chi connectivity index (χ0v) is 10.6. The number of nitrogens with zero attached hydrogens (tertiary/aromatic N) is 3. The highest BCUT2D eigenvalue weighted by molar-refractivity contribution is 5.76. The predicted octanol–water partition coefficient (Wildman–Crippen LogP) is 3.55. The Kier molecular flexibility index (Phi) is 3.17. The molecule has 0 radical (unpaired) electrons. The highest BCUT2D eigenvalue weighted by Crippen LogP contribution is 2.32. The SMILES string of the molecule is FC(F)(F)c1cc(-c2ncccc2-c2ccccn2)n[nH]1. The van der Waals surface area contributed by atoms with Crippen LogP contribution < -0.4 is 0 Å². The molecule has 0 saturated heterocycles. The summed E-state index contributed by atoms with van der Waals surface area (Å²) in [6.07, 6.45) is -1.35. The normalized spacial score (nSPS) is 11.6. The predicted molar refractivity (Wildman–Crippen MR) is 70.1 cm³/mol. The van der Waals surface area contributed by atoms with E-state index in [1.807, 2.05) is 5.10 Å². The van der Waals surface area contributed by atoms with Gasteiger partial charge >= 0.3 is 6.18 Å². The van der Waals surface area contributed by atoms with Gasteiger partial charge in [-0.3, -0.25) is 15.1 Å². The van der Waals surface area contributed by atoms with Crippen LogP contribution >= 0.6 is 0 Å². The van der Waals surface area contributed by atoms with Crippen LogP contribution in [0.25, 0.3) is 22.6 Å². The summed E-state index contributed by atoms with van der Waals surface area (Å²) in [7, 11) is 0. The van der Waals surface area contributed by atoms with Gasteiger partial charge in [-0.25, -0.2) is 0 Å². The molecule has 3 aromatic rings. The topological polar surface area (TPSA) is 54.5 Å². The van der Waals surface area contributed by atoms with Gasteiger partial charge in [0.15, 0.2) is 0 Å². The second kappa shape index (κ2) is 5.01. The van der Waals surface area contributed by atoms with E-state index in [1.165, 1.54) is 6.20 Å². The van der Waals surface area contributed by atoms with E-state index in [4.69, 9.17) is 0 Å². The second-order valence-electron chi connectivity index (χ2n) is 4.28. The van der Waals surface area contributed by atoms with Gasteiger partial charge < -0.3 is 0 Å². The number of aromatic nitrogens is 4. The Labute approximate surface area is 117 Å². The Morgan fingerprint density at radius 1 is 0.905 bits per heavy atom. The molecule has 0 amide bonds. The van der Waals surface area contributed by atoms with E-state index in [9.17, 15) is 13.2 Å². The third kappa shape index (κ3) is 2.62. The van der Waals surface area contributed by atoms with Gasteiger partial charge in [-0.15, -0.1) is 0 Å². The number of aromatic amines is 1. The molecule has 106 valence electrons. The van der Waals surface area contributed by atoms with Crippen molar-refractivity contribution in [3.63, 3.8) is 0 Å². The smallest absolute Gasteiger partial charge is 0.273 e. The second-order valence-corrected chi connectivity index (χ2v) is 4.28. The number of hydrogen-bond donors (Lipinski definition) is 1. The van der Waals surface area contributed by atoms with Crippen LogP contribution in [-0.4, -0.2) is 20.2 Å². The lowest BCUT2D eigenvalue weighted by Crippen LogP contribution is -2.04. The van der Waals surface area contributed by atoms with Crippen LogP contribution in [0.4, 0.5) is 13.2 Å². The molecule has 3 rings (SSSR count). The summed E-state index contributed by atoms with van der Waals surface area (Å²) < 4.78 is 37.9. The summed E-state index contributed by atoms with van der Waals surface area (Å²) >= 11 is 0. The van der Waals surface area contributed by atoms with Gasteiger partial charge in [0, 0.05) is 18.0 Å². The van der Waals surface area contributed by atoms with Gasteiger partial charge in [0.2, 0.25) is 0 Å². The molecule has 7 heteroatoms. The van der Waals surface area contributed by atoms with E-state index < -0.39 is 11.9 Å². The molecule has 4 nitrogen and oxygen atoms in total. The Morgan fingerprint density at radius 3 is 2.38 bits per heavy atom. The molecule has 0 aliphatic rings. The monoisotopic (exact) mass is 290 g/mol. The molecular formula is C14H9F3N4. The standard InChI is InChI=1S/C14H9F3N4/c15-14(16,17)12-8-11(20-21-12)13-9(4-3-7-19-13)10-5-1-2-6-18-10/h1-8H,(H,20,21). The zero-order chi connectivity index (χ0) is 14.9. The first-order valence-electron chi connectivity index (χ1n) is 6.05. The van der Waals surface area contributed by atoms with E-state index in [0.717, 1.165) is 6.07 Å². The van der Waals surface area contributed by atoms with Gasteiger partial charge in [0.1, 0.15) is 11.4 Å². The molecule has 0 bridgehead atoms. The quantitative estimate of drug-likeness (QED) is 0.785.